The van der Waals surface area contributed by atoms with Gasteiger partial charge in [-0.1, -0.05) is 23.7 Å². The second kappa shape index (κ2) is 13.2. The van der Waals surface area contributed by atoms with Crippen molar-refractivity contribution < 1.29 is 31.7 Å². The normalized spacial score (nSPS) is 14.7. The molecule has 2 atom stereocenters. The minimum absolute atomic E-state index is 0.101. The Morgan fingerprint density at radius 1 is 0.897 bits per heavy atom. The summed E-state index contributed by atoms with van der Waals surface area (Å²) in [5.74, 6) is -1.18. The number of phosphoric ester groups is 1. The van der Waals surface area contributed by atoms with Crippen molar-refractivity contribution in [3.63, 3.8) is 0 Å². The van der Waals surface area contributed by atoms with Crippen molar-refractivity contribution >= 4 is 27.0 Å². The number of halogens is 1. The van der Waals surface area contributed by atoms with Gasteiger partial charge in [-0.15, -0.1) is 0 Å². The van der Waals surface area contributed by atoms with E-state index in [4.69, 9.17) is 34.2 Å². The lowest BCUT2D eigenvalue weighted by atomic mass is 10.0. The number of hydrogen-bond acceptors (Lipinski definition) is 8. The topological polar surface area (TPSA) is 92.3 Å². The summed E-state index contributed by atoms with van der Waals surface area (Å²) in [6.45, 7) is 7.20. The third kappa shape index (κ3) is 8.41. The SMILES string of the molecule is CCOP(=O)(OCC)OC(CC(NC)c1ccc(Cl)cc1)P(=O)(OCC)OCC. The molecule has 0 aliphatic carbocycles. The van der Waals surface area contributed by atoms with E-state index in [1.807, 2.05) is 12.1 Å². The van der Waals surface area contributed by atoms with E-state index in [0.717, 1.165) is 5.56 Å². The van der Waals surface area contributed by atoms with Gasteiger partial charge >= 0.3 is 15.4 Å². The molecule has 168 valence electrons. The first-order chi connectivity index (χ1) is 13.8. The van der Waals surface area contributed by atoms with E-state index < -0.39 is 21.3 Å². The number of nitrogens with one attached hydrogen (secondary N) is 1. The molecule has 0 aliphatic heterocycles. The molecule has 1 aromatic carbocycles. The van der Waals surface area contributed by atoms with Crippen LogP contribution in [0.3, 0.4) is 0 Å². The maximum atomic E-state index is 13.5. The molecule has 0 bridgehead atoms. The van der Waals surface area contributed by atoms with Gasteiger partial charge in [-0.3, -0.25) is 18.1 Å². The molecule has 0 saturated heterocycles. The fourth-order valence-corrected chi connectivity index (χ4v) is 6.42. The minimum atomic E-state index is -3.97. The first kappa shape index (κ1) is 26.8. The molecule has 0 saturated carbocycles. The van der Waals surface area contributed by atoms with E-state index in [1.54, 1.807) is 46.9 Å². The van der Waals surface area contributed by atoms with Gasteiger partial charge < -0.3 is 14.4 Å². The highest BCUT2D eigenvalue weighted by atomic mass is 35.5. The van der Waals surface area contributed by atoms with Crippen LogP contribution in [-0.2, 0) is 31.7 Å². The number of phosphoric acid groups is 1. The molecule has 0 spiro atoms. The third-order valence-electron chi connectivity index (χ3n) is 3.85. The van der Waals surface area contributed by atoms with Crippen molar-refractivity contribution in [2.24, 2.45) is 0 Å². The average Bonchev–Trinajstić information content (AvgIpc) is 2.66. The summed E-state index contributed by atoms with van der Waals surface area (Å²) in [5.41, 5.74) is 0.882. The van der Waals surface area contributed by atoms with E-state index in [9.17, 15) is 9.13 Å². The summed E-state index contributed by atoms with van der Waals surface area (Å²) in [4.78, 5) is 0. The highest BCUT2D eigenvalue weighted by molar-refractivity contribution is 7.55. The van der Waals surface area contributed by atoms with Gasteiger partial charge in [-0.2, -0.15) is 0 Å². The van der Waals surface area contributed by atoms with E-state index in [2.05, 4.69) is 5.32 Å². The van der Waals surface area contributed by atoms with Gasteiger partial charge in [0.2, 0.25) is 0 Å². The van der Waals surface area contributed by atoms with Gasteiger partial charge in [0.1, 0.15) is 0 Å². The van der Waals surface area contributed by atoms with Crippen LogP contribution < -0.4 is 5.32 Å². The predicted octanol–water partition coefficient (Wildman–Crippen LogP) is 5.78. The molecule has 0 radical (unpaired) electrons. The Morgan fingerprint density at radius 2 is 1.38 bits per heavy atom. The van der Waals surface area contributed by atoms with E-state index in [1.165, 1.54) is 0 Å². The molecule has 0 heterocycles. The summed E-state index contributed by atoms with van der Waals surface area (Å²) >= 11 is 5.98. The first-order valence-electron chi connectivity index (χ1n) is 9.66. The fraction of sp³-hybridized carbons (Fsp3) is 0.667. The van der Waals surface area contributed by atoms with Crippen molar-refractivity contribution in [2.75, 3.05) is 33.5 Å². The maximum absolute atomic E-state index is 13.5. The lowest BCUT2D eigenvalue weighted by Gasteiger charge is -2.31. The summed E-state index contributed by atoms with van der Waals surface area (Å²) in [6.07, 6.45) is 0.138. The summed E-state index contributed by atoms with van der Waals surface area (Å²) in [5, 5.41) is 3.75. The molecule has 29 heavy (non-hydrogen) atoms. The van der Waals surface area contributed by atoms with Crippen LogP contribution in [0.25, 0.3) is 0 Å². The van der Waals surface area contributed by atoms with Crippen molar-refractivity contribution in [1.82, 2.24) is 5.32 Å². The van der Waals surface area contributed by atoms with Crippen LogP contribution in [0.1, 0.15) is 45.7 Å². The third-order valence-corrected chi connectivity index (χ3v) is 8.19. The number of benzene rings is 1. The Kier molecular flexibility index (Phi) is 12.2. The highest BCUT2D eigenvalue weighted by Crippen LogP contribution is 2.62. The van der Waals surface area contributed by atoms with E-state index in [-0.39, 0.29) is 38.9 Å². The van der Waals surface area contributed by atoms with Crippen LogP contribution in [0.4, 0.5) is 0 Å². The van der Waals surface area contributed by atoms with Crippen molar-refractivity contribution in [3.05, 3.63) is 34.9 Å². The quantitative estimate of drug-likeness (QED) is 0.322. The standard InChI is InChI=1S/C18H32ClNO7P2/c1-6-23-28(21,24-7-2)18(27-29(22,25-8-3)26-9-4)14-17(20-5)15-10-12-16(19)13-11-15/h10-13,17-18,20H,6-9,14H2,1-5H3. The van der Waals surface area contributed by atoms with Crippen LogP contribution in [0.5, 0.6) is 0 Å². The highest BCUT2D eigenvalue weighted by Gasteiger charge is 2.44. The molecule has 2 unspecified atom stereocenters. The Labute approximate surface area is 178 Å². The lowest BCUT2D eigenvalue weighted by Crippen LogP contribution is -2.26. The average molecular weight is 472 g/mol. The molecule has 0 amide bonds. The van der Waals surface area contributed by atoms with Gasteiger partial charge in [-0.05, 0) is 52.4 Å². The Balaban J connectivity index is 3.27. The molecule has 1 N–H and O–H groups in total. The maximum Gasteiger partial charge on any atom is 0.475 e. The molecule has 1 rings (SSSR count). The van der Waals surface area contributed by atoms with Crippen LogP contribution in [-0.4, -0.2) is 39.3 Å². The molecule has 1 aromatic rings. The Bertz CT molecular complexity index is 669. The Hall–Kier alpha value is -0.270. The molecule has 11 heteroatoms. The van der Waals surface area contributed by atoms with Crippen LogP contribution in [0.2, 0.25) is 5.02 Å². The van der Waals surface area contributed by atoms with E-state index in [0.29, 0.717) is 5.02 Å². The lowest BCUT2D eigenvalue weighted by molar-refractivity contribution is 0.0825. The summed E-state index contributed by atoms with van der Waals surface area (Å²) < 4.78 is 53.6. The fourth-order valence-electron chi connectivity index (χ4n) is 2.67. The smallest absolute Gasteiger partial charge is 0.313 e. The second-order valence-corrected chi connectivity index (χ2v) is 10.1. The second-order valence-electron chi connectivity index (χ2n) is 5.85. The van der Waals surface area contributed by atoms with Gasteiger partial charge in [0.05, 0.1) is 26.4 Å². The summed E-state index contributed by atoms with van der Waals surface area (Å²) in [6, 6.07) is 6.90. The van der Waals surface area contributed by atoms with Crippen LogP contribution >= 0.6 is 27.0 Å². The minimum Gasteiger partial charge on any atom is -0.313 e. The zero-order valence-electron chi connectivity index (χ0n) is 17.6. The molecule has 8 nitrogen and oxygen atoms in total. The van der Waals surface area contributed by atoms with Gasteiger partial charge in [0.25, 0.3) is 0 Å². The monoisotopic (exact) mass is 471 g/mol. The molecular formula is C18H32ClNO7P2. The summed E-state index contributed by atoms with van der Waals surface area (Å²) in [7, 11) is -6.00. The molecular weight excluding hydrogens is 440 g/mol. The zero-order valence-corrected chi connectivity index (χ0v) is 20.2. The largest absolute Gasteiger partial charge is 0.475 e. The number of hydrogen-bond donors (Lipinski definition) is 1. The zero-order chi connectivity index (χ0) is 21.9. The van der Waals surface area contributed by atoms with Gasteiger partial charge in [0, 0.05) is 17.5 Å². The van der Waals surface area contributed by atoms with Gasteiger partial charge in [0.15, 0.2) is 5.85 Å². The first-order valence-corrected chi connectivity index (χ1v) is 13.1. The van der Waals surface area contributed by atoms with Gasteiger partial charge in [-0.25, -0.2) is 4.57 Å². The van der Waals surface area contributed by atoms with Crippen molar-refractivity contribution in [2.45, 2.75) is 46.0 Å². The van der Waals surface area contributed by atoms with Crippen LogP contribution in [0, 0.1) is 0 Å². The van der Waals surface area contributed by atoms with Crippen molar-refractivity contribution in [1.29, 1.82) is 0 Å². The molecule has 0 fully saturated rings. The number of rotatable bonds is 15. The molecule has 0 aliphatic rings. The Morgan fingerprint density at radius 3 is 1.79 bits per heavy atom. The molecule has 0 aromatic heterocycles. The predicted molar refractivity (Wildman–Crippen MR) is 114 cm³/mol. The van der Waals surface area contributed by atoms with Crippen molar-refractivity contribution in [3.8, 4) is 0 Å². The van der Waals surface area contributed by atoms with Crippen LogP contribution in [0.15, 0.2) is 24.3 Å². The van der Waals surface area contributed by atoms with E-state index >= 15 is 0 Å².